The normalized spacial score (nSPS) is 20.1. The van der Waals surface area contributed by atoms with Crippen LogP contribution in [0.3, 0.4) is 0 Å². The summed E-state index contributed by atoms with van der Waals surface area (Å²) in [5, 5.41) is 7.21. The van der Waals surface area contributed by atoms with Crippen molar-refractivity contribution in [3.63, 3.8) is 0 Å². The monoisotopic (exact) mass is 262 g/mol. The second kappa shape index (κ2) is 6.32. The highest BCUT2D eigenvalue weighted by molar-refractivity contribution is 7.87. The minimum atomic E-state index is -3.41. The molecule has 7 heteroatoms. The zero-order valence-electron chi connectivity index (χ0n) is 10.3. The van der Waals surface area contributed by atoms with E-state index in [1.807, 2.05) is 6.92 Å². The minimum Gasteiger partial charge on any atom is -0.388 e. The average molecular weight is 262 g/mol. The van der Waals surface area contributed by atoms with Crippen molar-refractivity contribution in [2.24, 2.45) is 5.73 Å². The molecule has 4 N–H and O–H groups in total. The predicted molar refractivity (Wildman–Crippen MR) is 68.1 cm³/mol. The van der Waals surface area contributed by atoms with Crippen molar-refractivity contribution >= 4 is 16.0 Å². The van der Waals surface area contributed by atoms with E-state index in [0.717, 1.165) is 19.3 Å². The number of amidine groups is 1. The number of nitrogens with zero attached hydrogens (tertiary/aromatic N) is 1. The van der Waals surface area contributed by atoms with Gasteiger partial charge in [0.25, 0.3) is 10.2 Å². The van der Waals surface area contributed by atoms with E-state index in [1.165, 1.54) is 4.31 Å². The van der Waals surface area contributed by atoms with Crippen LogP contribution >= 0.6 is 0 Å². The lowest BCUT2D eigenvalue weighted by Gasteiger charge is -2.28. The van der Waals surface area contributed by atoms with Crippen LogP contribution in [-0.2, 0) is 10.2 Å². The van der Waals surface area contributed by atoms with Gasteiger partial charge in [-0.25, -0.2) is 0 Å². The number of hydrogen-bond donors (Lipinski definition) is 3. The molecule has 1 atom stereocenters. The molecule has 0 amide bonds. The van der Waals surface area contributed by atoms with Crippen LogP contribution in [0.4, 0.5) is 0 Å². The number of nitrogens with two attached hydrogens (primary N) is 1. The first-order chi connectivity index (χ1) is 7.95. The van der Waals surface area contributed by atoms with Gasteiger partial charge in [-0.15, -0.1) is 0 Å². The van der Waals surface area contributed by atoms with Crippen LogP contribution in [0.2, 0.25) is 0 Å². The van der Waals surface area contributed by atoms with Crippen LogP contribution in [0.5, 0.6) is 0 Å². The molecule has 0 spiro atoms. The van der Waals surface area contributed by atoms with E-state index in [-0.39, 0.29) is 18.3 Å². The molecule has 1 heterocycles. The van der Waals surface area contributed by atoms with E-state index in [0.29, 0.717) is 19.5 Å². The number of nitrogens with one attached hydrogen (secondary N) is 2. The summed E-state index contributed by atoms with van der Waals surface area (Å²) in [6.45, 7) is 3.06. The molecular weight excluding hydrogens is 240 g/mol. The van der Waals surface area contributed by atoms with Crippen LogP contribution in [0.1, 0.15) is 39.0 Å². The lowest BCUT2D eigenvalue weighted by Crippen LogP contribution is -2.47. The summed E-state index contributed by atoms with van der Waals surface area (Å²) in [4.78, 5) is 0. The van der Waals surface area contributed by atoms with Crippen LogP contribution < -0.4 is 10.5 Å². The van der Waals surface area contributed by atoms with Gasteiger partial charge in [-0.1, -0.05) is 13.3 Å². The molecule has 1 aliphatic heterocycles. The molecule has 0 aromatic heterocycles. The molecule has 0 bridgehead atoms. The molecule has 1 rings (SSSR count). The molecule has 0 saturated carbocycles. The zero-order chi connectivity index (χ0) is 12.9. The molecule has 100 valence electrons. The highest BCUT2D eigenvalue weighted by Crippen LogP contribution is 2.13. The van der Waals surface area contributed by atoms with E-state index in [4.69, 9.17) is 11.1 Å². The van der Waals surface area contributed by atoms with E-state index in [2.05, 4.69) is 4.72 Å². The number of piperidine rings is 1. The van der Waals surface area contributed by atoms with E-state index in [9.17, 15) is 8.42 Å². The van der Waals surface area contributed by atoms with Gasteiger partial charge in [-0.05, 0) is 19.3 Å². The van der Waals surface area contributed by atoms with Gasteiger partial charge in [-0.2, -0.15) is 17.4 Å². The molecule has 1 saturated heterocycles. The summed E-state index contributed by atoms with van der Waals surface area (Å²) in [7, 11) is -3.41. The summed E-state index contributed by atoms with van der Waals surface area (Å²) in [6.07, 6.45) is 3.84. The van der Waals surface area contributed by atoms with Crippen molar-refractivity contribution in [3.8, 4) is 0 Å². The van der Waals surface area contributed by atoms with Gasteiger partial charge >= 0.3 is 0 Å². The van der Waals surface area contributed by atoms with E-state index < -0.39 is 10.2 Å². The lowest BCUT2D eigenvalue weighted by molar-refractivity contribution is 0.338. The quantitative estimate of drug-likeness (QED) is 0.477. The molecule has 0 aliphatic carbocycles. The minimum absolute atomic E-state index is 0.0122. The first-order valence-corrected chi connectivity index (χ1v) is 7.50. The summed E-state index contributed by atoms with van der Waals surface area (Å²) < 4.78 is 28.2. The van der Waals surface area contributed by atoms with Crippen LogP contribution in [0.25, 0.3) is 0 Å². The maximum absolute atomic E-state index is 12.0. The second-order valence-electron chi connectivity index (χ2n) is 4.42. The van der Waals surface area contributed by atoms with E-state index in [1.54, 1.807) is 0 Å². The summed E-state index contributed by atoms with van der Waals surface area (Å²) in [5.41, 5.74) is 5.30. The van der Waals surface area contributed by atoms with Crippen molar-refractivity contribution in [2.75, 3.05) is 13.1 Å². The van der Waals surface area contributed by atoms with Gasteiger partial charge in [0.1, 0.15) is 0 Å². The van der Waals surface area contributed by atoms with Crippen LogP contribution in [0, 0.1) is 5.41 Å². The third kappa shape index (κ3) is 4.61. The highest BCUT2D eigenvalue weighted by Gasteiger charge is 2.26. The second-order valence-corrected chi connectivity index (χ2v) is 6.12. The Kier molecular flexibility index (Phi) is 5.35. The summed E-state index contributed by atoms with van der Waals surface area (Å²) >= 11 is 0. The van der Waals surface area contributed by atoms with Crippen molar-refractivity contribution in [1.29, 1.82) is 5.41 Å². The molecule has 0 aromatic carbocycles. The first-order valence-electron chi connectivity index (χ1n) is 6.06. The smallest absolute Gasteiger partial charge is 0.279 e. The van der Waals surface area contributed by atoms with Crippen molar-refractivity contribution in [1.82, 2.24) is 9.03 Å². The Labute approximate surface area is 103 Å². The maximum Gasteiger partial charge on any atom is 0.279 e. The maximum atomic E-state index is 12.0. The molecule has 0 radical (unpaired) electrons. The number of hydrogen-bond acceptors (Lipinski definition) is 3. The Balaban J connectivity index is 2.59. The van der Waals surface area contributed by atoms with Gasteiger partial charge in [0.2, 0.25) is 0 Å². The fourth-order valence-electron chi connectivity index (χ4n) is 1.93. The topological polar surface area (TPSA) is 99.3 Å². The molecular formula is C10H22N4O2S. The van der Waals surface area contributed by atoms with Gasteiger partial charge in [0.15, 0.2) is 0 Å². The Morgan fingerprint density at radius 3 is 2.47 bits per heavy atom. The van der Waals surface area contributed by atoms with Crippen LogP contribution in [-0.4, -0.2) is 37.7 Å². The van der Waals surface area contributed by atoms with Gasteiger partial charge in [0, 0.05) is 25.6 Å². The first kappa shape index (κ1) is 14.4. The SMILES string of the molecule is CCC(CC(=N)N)NS(=O)(=O)N1CCCCC1. The molecule has 6 nitrogen and oxygen atoms in total. The predicted octanol–water partition coefficient (Wildman–Crippen LogP) is 0.411. The fraction of sp³-hybridized carbons (Fsp3) is 0.900. The zero-order valence-corrected chi connectivity index (χ0v) is 11.1. The third-order valence-electron chi connectivity index (χ3n) is 2.93. The van der Waals surface area contributed by atoms with Crippen molar-refractivity contribution in [2.45, 2.75) is 45.1 Å². The standard InChI is InChI=1S/C10H22N4O2S/c1-2-9(8-10(11)12)13-17(15,16)14-6-4-3-5-7-14/h9,13H,2-8H2,1H3,(H3,11,12). The molecule has 17 heavy (non-hydrogen) atoms. The van der Waals surface area contributed by atoms with Crippen molar-refractivity contribution < 1.29 is 8.42 Å². The summed E-state index contributed by atoms with van der Waals surface area (Å²) in [6, 6.07) is -0.278. The summed E-state index contributed by atoms with van der Waals surface area (Å²) in [5.74, 6) is 0.0122. The van der Waals surface area contributed by atoms with Crippen LogP contribution in [0.15, 0.2) is 0 Å². The molecule has 1 aliphatic rings. The average Bonchev–Trinajstić information content (AvgIpc) is 2.28. The Bertz CT molecular complexity index is 349. The Morgan fingerprint density at radius 1 is 1.41 bits per heavy atom. The molecule has 1 unspecified atom stereocenters. The van der Waals surface area contributed by atoms with Gasteiger partial charge < -0.3 is 5.73 Å². The Morgan fingerprint density at radius 2 is 2.00 bits per heavy atom. The van der Waals surface area contributed by atoms with Gasteiger partial charge in [-0.3, -0.25) is 5.41 Å². The fourth-order valence-corrected chi connectivity index (χ4v) is 3.48. The molecule has 1 fully saturated rings. The lowest BCUT2D eigenvalue weighted by atomic mass is 10.1. The van der Waals surface area contributed by atoms with Crippen molar-refractivity contribution in [3.05, 3.63) is 0 Å². The largest absolute Gasteiger partial charge is 0.388 e. The van der Waals surface area contributed by atoms with Gasteiger partial charge in [0.05, 0.1) is 5.84 Å². The highest BCUT2D eigenvalue weighted by atomic mass is 32.2. The third-order valence-corrected chi connectivity index (χ3v) is 4.61. The Hall–Kier alpha value is -0.660. The number of rotatable bonds is 6. The molecule has 0 aromatic rings. The van der Waals surface area contributed by atoms with E-state index >= 15 is 0 Å².